The summed E-state index contributed by atoms with van der Waals surface area (Å²) in [6, 6.07) is 0.236. The van der Waals surface area contributed by atoms with E-state index in [0.29, 0.717) is 24.3 Å². The molecule has 1 amide bonds. The third kappa shape index (κ3) is 3.23. The molecular formula is C14H27N3O. The van der Waals surface area contributed by atoms with Gasteiger partial charge in [0.25, 0.3) is 0 Å². The van der Waals surface area contributed by atoms with E-state index in [2.05, 4.69) is 18.7 Å². The largest absolute Gasteiger partial charge is 0.343 e. The van der Waals surface area contributed by atoms with Crippen molar-refractivity contribution >= 4 is 5.91 Å². The Morgan fingerprint density at radius 3 is 2.44 bits per heavy atom. The van der Waals surface area contributed by atoms with E-state index in [0.717, 1.165) is 39.0 Å². The second-order valence-electron chi connectivity index (χ2n) is 6.57. The molecule has 0 bridgehead atoms. The number of hydrogen-bond donors (Lipinski definition) is 1. The standard InChI is InChI=1S/C14H27N3O/c1-14(2)5-8-17(11-14)12(10-15)9-13(18)16-6-3-4-7-16/h12H,3-11,15H2,1-2H3. The van der Waals surface area contributed by atoms with Crippen LogP contribution < -0.4 is 5.73 Å². The highest BCUT2D eigenvalue weighted by molar-refractivity contribution is 5.77. The van der Waals surface area contributed by atoms with Crippen molar-refractivity contribution < 1.29 is 4.79 Å². The minimum Gasteiger partial charge on any atom is -0.343 e. The highest BCUT2D eigenvalue weighted by Crippen LogP contribution is 2.30. The van der Waals surface area contributed by atoms with Crippen LogP contribution in [0.4, 0.5) is 0 Å². The van der Waals surface area contributed by atoms with Crippen LogP contribution in [0.25, 0.3) is 0 Å². The average Bonchev–Trinajstić information content (AvgIpc) is 2.94. The molecule has 2 aliphatic rings. The number of carbonyl (C=O) groups is 1. The van der Waals surface area contributed by atoms with Gasteiger partial charge in [-0.2, -0.15) is 0 Å². The van der Waals surface area contributed by atoms with Gasteiger partial charge in [0.15, 0.2) is 0 Å². The monoisotopic (exact) mass is 253 g/mol. The van der Waals surface area contributed by atoms with E-state index in [9.17, 15) is 4.79 Å². The molecule has 0 saturated carbocycles. The Morgan fingerprint density at radius 2 is 1.94 bits per heavy atom. The summed E-state index contributed by atoms with van der Waals surface area (Å²) in [7, 11) is 0. The first kappa shape index (κ1) is 13.8. The summed E-state index contributed by atoms with van der Waals surface area (Å²) >= 11 is 0. The smallest absolute Gasteiger partial charge is 0.224 e. The molecular weight excluding hydrogens is 226 g/mol. The lowest BCUT2D eigenvalue weighted by atomic mass is 9.93. The summed E-state index contributed by atoms with van der Waals surface area (Å²) in [6.45, 7) is 9.23. The number of nitrogens with zero attached hydrogens (tertiary/aromatic N) is 2. The molecule has 4 heteroatoms. The Kier molecular flexibility index (Phi) is 4.28. The van der Waals surface area contributed by atoms with Gasteiger partial charge in [-0.15, -0.1) is 0 Å². The number of carbonyl (C=O) groups excluding carboxylic acids is 1. The molecule has 0 aliphatic carbocycles. The lowest BCUT2D eigenvalue weighted by molar-refractivity contribution is -0.131. The van der Waals surface area contributed by atoms with Crippen LogP contribution in [-0.4, -0.2) is 54.5 Å². The van der Waals surface area contributed by atoms with E-state index in [4.69, 9.17) is 5.73 Å². The maximum absolute atomic E-state index is 12.2. The Morgan fingerprint density at radius 1 is 1.28 bits per heavy atom. The first-order valence-electron chi connectivity index (χ1n) is 7.24. The van der Waals surface area contributed by atoms with Gasteiger partial charge in [0.2, 0.25) is 5.91 Å². The fourth-order valence-corrected chi connectivity index (χ4v) is 3.12. The minimum absolute atomic E-state index is 0.236. The summed E-state index contributed by atoms with van der Waals surface area (Å²) in [5.74, 6) is 0.299. The van der Waals surface area contributed by atoms with Crippen LogP contribution in [-0.2, 0) is 4.79 Å². The fourth-order valence-electron chi connectivity index (χ4n) is 3.12. The van der Waals surface area contributed by atoms with Gasteiger partial charge in [-0.3, -0.25) is 9.69 Å². The summed E-state index contributed by atoms with van der Waals surface area (Å²) in [5, 5.41) is 0. The zero-order chi connectivity index (χ0) is 13.2. The third-order valence-electron chi connectivity index (χ3n) is 4.36. The van der Waals surface area contributed by atoms with Crippen LogP contribution >= 0.6 is 0 Å². The highest BCUT2D eigenvalue weighted by Gasteiger charge is 2.34. The predicted molar refractivity (Wildman–Crippen MR) is 73.2 cm³/mol. The Labute approximate surface area is 110 Å². The second kappa shape index (κ2) is 5.57. The van der Waals surface area contributed by atoms with Gasteiger partial charge in [-0.05, 0) is 31.2 Å². The third-order valence-corrected chi connectivity index (χ3v) is 4.36. The lowest BCUT2D eigenvalue weighted by Crippen LogP contribution is -2.43. The van der Waals surface area contributed by atoms with Crippen LogP contribution in [0, 0.1) is 5.41 Å². The van der Waals surface area contributed by atoms with Gasteiger partial charge in [-0.1, -0.05) is 13.8 Å². The second-order valence-corrected chi connectivity index (χ2v) is 6.57. The fraction of sp³-hybridized carbons (Fsp3) is 0.929. The van der Waals surface area contributed by atoms with E-state index in [-0.39, 0.29) is 6.04 Å². The molecule has 1 unspecified atom stereocenters. The summed E-state index contributed by atoms with van der Waals surface area (Å²) in [4.78, 5) is 16.6. The topological polar surface area (TPSA) is 49.6 Å². The molecule has 18 heavy (non-hydrogen) atoms. The molecule has 1 atom stereocenters. The Hall–Kier alpha value is -0.610. The number of nitrogens with two attached hydrogens (primary N) is 1. The van der Waals surface area contributed by atoms with E-state index in [1.807, 2.05) is 4.90 Å². The molecule has 2 fully saturated rings. The molecule has 2 N–H and O–H groups in total. The van der Waals surface area contributed by atoms with Crippen molar-refractivity contribution in [2.45, 2.75) is 45.6 Å². The van der Waals surface area contributed by atoms with E-state index in [1.165, 1.54) is 6.42 Å². The first-order chi connectivity index (χ1) is 8.52. The van der Waals surface area contributed by atoms with Crippen LogP contribution in [0.15, 0.2) is 0 Å². The predicted octanol–water partition coefficient (Wildman–Crippen LogP) is 1.06. The van der Waals surface area contributed by atoms with Crippen molar-refractivity contribution in [3.63, 3.8) is 0 Å². The maximum Gasteiger partial charge on any atom is 0.224 e. The first-order valence-corrected chi connectivity index (χ1v) is 7.24. The number of rotatable bonds is 4. The average molecular weight is 253 g/mol. The summed E-state index contributed by atoms with van der Waals surface area (Å²) < 4.78 is 0. The quantitative estimate of drug-likeness (QED) is 0.815. The Bertz CT molecular complexity index is 297. The van der Waals surface area contributed by atoms with Crippen LogP contribution in [0.1, 0.15) is 39.5 Å². The van der Waals surface area contributed by atoms with E-state index in [1.54, 1.807) is 0 Å². The zero-order valence-corrected chi connectivity index (χ0v) is 11.8. The molecule has 0 aromatic carbocycles. The normalized spacial score (nSPS) is 25.6. The summed E-state index contributed by atoms with van der Waals surface area (Å²) in [6.07, 6.45) is 4.14. The molecule has 0 aromatic heterocycles. The van der Waals surface area contributed by atoms with Crippen molar-refractivity contribution in [1.82, 2.24) is 9.80 Å². The van der Waals surface area contributed by atoms with Gasteiger partial charge >= 0.3 is 0 Å². The van der Waals surface area contributed by atoms with Crippen LogP contribution in [0.3, 0.4) is 0 Å². The van der Waals surface area contributed by atoms with Gasteiger partial charge in [0.1, 0.15) is 0 Å². The summed E-state index contributed by atoms with van der Waals surface area (Å²) in [5.41, 5.74) is 6.25. The van der Waals surface area contributed by atoms with E-state index < -0.39 is 0 Å². The van der Waals surface area contributed by atoms with Gasteiger partial charge < -0.3 is 10.6 Å². The molecule has 104 valence electrons. The molecule has 2 aliphatic heterocycles. The number of amides is 1. The molecule has 2 saturated heterocycles. The van der Waals surface area contributed by atoms with Crippen molar-refractivity contribution in [3.8, 4) is 0 Å². The lowest BCUT2D eigenvalue weighted by Gasteiger charge is -2.29. The van der Waals surface area contributed by atoms with Gasteiger partial charge in [0.05, 0.1) is 0 Å². The van der Waals surface area contributed by atoms with Crippen LogP contribution in [0.5, 0.6) is 0 Å². The van der Waals surface area contributed by atoms with Crippen LogP contribution in [0.2, 0.25) is 0 Å². The van der Waals surface area contributed by atoms with Gasteiger partial charge in [0, 0.05) is 38.6 Å². The van der Waals surface area contributed by atoms with Gasteiger partial charge in [-0.25, -0.2) is 0 Å². The highest BCUT2D eigenvalue weighted by atomic mass is 16.2. The molecule has 0 spiro atoms. The van der Waals surface area contributed by atoms with Crippen molar-refractivity contribution in [2.24, 2.45) is 11.1 Å². The van der Waals surface area contributed by atoms with Crippen molar-refractivity contribution in [1.29, 1.82) is 0 Å². The maximum atomic E-state index is 12.2. The Balaban J connectivity index is 1.87. The molecule has 2 rings (SSSR count). The molecule has 0 radical (unpaired) electrons. The SMILES string of the molecule is CC1(C)CCN(C(CN)CC(=O)N2CCCC2)C1. The zero-order valence-electron chi connectivity index (χ0n) is 11.8. The molecule has 2 heterocycles. The molecule has 0 aromatic rings. The minimum atomic E-state index is 0.236. The van der Waals surface area contributed by atoms with Crippen molar-refractivity contribution in [2.75, 3.05) is 32.7 Å². The number of hydrogen-bond acceptors (Lipinski definition) is 3. The van der Waals surface area contributed by atoms with E-state index >= 15 is 0 Å². The number of likely N-dealkylation sites (tertiary alicyclic amines) is 2. The molecule has 4 nitrogen and oxygen atoms in total. The van der Waals surface area contributed by atoms with Crippen molar-refractivity contribution in [3.05, 3.63) is 0 Å².